The molecule has 0 aliphatic heterocycles. The fraction of sp³-hybridized carbons (Fsp3) is 0.600. The molecule has 1 aliphatic carbocycles. The standard InChI is InChI=1S/C10H14N2OS/c1-10(4-2-3-5-10)12-9(13)8-6-14-7-11-8/h6-7H,2-5H2,1H3,(H,12,13). The Labute approximate surface area is 87.6 Å². The first-order valence-corrected chi connectivity index (χ1v) is 5.85. The number of thiazole rings is 1. The van der Waals surface area contributed by atoms with E-state index in [1.165, 1.54) is 24.2 Å². The Morgan fingerprint density at radius 2 is 2.29 bits per heavy atom. The van der Waals surface area contributed by atoms with Crippen molar-refractivity contribution >= 4 is 17.2 Å². The predicted octanol–water partition coefficient (Wildman–Crippen LogP) is 2.21. The van der Waals surface area contributed by atoms with Crippen molar-refractivity contribution in [1.82, 2.24) is 10.3 Å². The van der Waals surface area contributed by atoms with Gasteiger partial charge in [0.25, 0.3) is 5.91 Å². The van der Waals surface area contributed by atoms with Crippen LogP contribution in [-0.4, -0.2) is 16.4 Å². The molecule has 2 rings (SSSR count). The Morgan fingerprint density at radius 1 is 1.57 bits per heavy atom. The lowest BCUT2D eigenvalue weighted by atomic mass is 10.0. The van der Waals surface area contributed by atoms with E-state index in [-0.39, 0.29) is 11.4 Å². The zero-order valence-corrected chi connectivity index (χ0v) is 9.06. The lowest BCUT2D eigenvalue weighted by Gasteiger charge is -2.24. The van der Waals surface area contributed by atoms with Crippen molar-refractivity contribution in [2.75, 3.05) is 0 Å². The van der Waals surface area contributed by atoms with E-state index >= 15 is 0 Å². The highest BCUT2D eigenvalue weighted by Crippen LogP contribution is 2.29. The van der Waals surface area contributed by atoms with Gasteiger partial charge in [-0.15, -0.1) is 11.3 Å². The normalized spacial score (nSPS) is 19.5. The summed E-state index contributed by atoms with van der Waals surface area (Å²) in [6.07, 6.45) is 4.60. The fourth-order valence-electron chi connectivity index (χ4n) is 1.94. The summed E-state index contributed by atoms with van der Waals surface area (Å²) in [4.78, 5) is 15.7. The third-order valence-electron chi connectivity index (χ3n) is 2.79. The van der Waals surface area contributed by atoms with Gasteiger partial charge < -0.3 is 5.32 Å². The molecule has 1 aromatic heterocycles. The summed E-state index contributed by atoms with van der Waals surface area (Å²) in [6.45, 7) is 2.12. The Hall–Kier alpha value is -0.900. The molecular weight excluding hydrogens is 196 g/mol. The van der Waals surface area contributed by atoms with Gasteiger partial charge in [-0.3, -0.25) is 4.79 Å². The van der Waals surface area contributed by atoms with Crippen molar-refractivity contribution in [3.8, 4) is 0 Å². The fourth-order valence-corrected chi connectivity index (χ4v) is 2.48. The molecule has 0 radical (unpaired) electrons. The van der Waals surface area contributed by atoms with Gasteiger partial charge in [-0.1, -0.05) is 12.8 Å². The van der Waals surface area contributed by atoms with Crippen LogP contribution in [0, 0.1) is 0 Å². The lowest BCUT2D eigenvalue weighted by Crippen LogP contribution is -2.43. The van der Waals surface area contributed by atoms with Gasteiger partial charge in [0.2, 0.25) is 0 Å². The summed E-state index contributed by atoms with van der Waals surface area (Å²) in [6, 6.07) is 0. The molecule has 0 spiro atoms. The number of amides is 1. The second kappa shape index (κ2) is 3.69. The highest BCUT2D eigenvalue weighted by Gasteiger charge is 2.30. The first-order chi connectivity index (χ1) is 6.70. The van der Waals surface area contributed by atoms with E-state index in [0.717, 1.165) is 12.8 Å². The first kappa shape index (κ1) is 9.65. The maximum atomic E-state index is 11.7. The lowest BCUT2D eigenvalue weighted by molar-refractivity contribution is 0.0903. The molecule has 3 nitrogen and oxygen atoms in total. The molecular formula is C10H14N2OS. The summed E-state index contributed by atoms with van der Waals surface area (Å²) in [5.74, 6) is -0.0318. The second-order valence-electron chi connectivity index (χ2n) is 4.10. The van der Waals surface area contributed by atoms with E-state index < -0.39 is 0 Å². The number of hydrogen-bond donors (Lipinski definition) is 1. The molecule has 1 aromatic rings. The topological polar surface area (TPSA) is 42.0 Å². The molecule has 14 heavy (non-hydrogen) atoms. The van der Waals surface area contributed by atoms with E-state index in [1.54, 1.807) is 10.9 Å². The zero-order chi connectivity index (χ0) is 10.0. The number of aromatic nitrogens is 1. The number of rotatable bonds is 2. The third-order valence-corrected chi connectivity index (χ3v) is 3.37. The molecule has 76 valence electrons. The molecule has 0 unspecified atom stereocenters. The van der Waals surface area contributed by atoms with Gasteiger partial charge in [-0.05, 0) is 19.8 Å². The molecule has 1 heterocycles. The Bertz CT molecular complexity index is 315. The smallest absolute Gasteiger partial charge is 0.271 e. The maximum absolute atomic E-state index is 11.7. The van der Waals surface area contributed by atoms with Crippen LogP contribution in [0.5, 0.6) is 0 Å². The van der Waals surface area contributed by atoms with Crippen molar-refractivity contribution in [2.45, 2.75) is 38.1 Å². The molecule has 4 heteroatoms. The molecule has 0 aromatic carbocycles. The molecule has 0 saturated heterocycles. The number of hydrogen-bond acceptors (Lipinski definition) is 3. The molecule has 0 bridgehead atoms. The van der Waals surface area contributed by atoms with Crippen LogP contribution in [0.25, 0.3) is 0 Å². The van der Waals surface area contributed by atoms with Crippen molar-refractivity contribution in [2.24, 2.45) is 0 Å². The molecule has 1 fully saturated rings. The van der Waals surface area contributed by atoms with E-state index in [9.17, 15) is 4.79 Å². The van der Waals surface area contributed by atoms with Crippen LogP contribution in [0.15, 0.2) is 10.9 Å². The maximum Gasteiger partial charge on any atom is 0.271 e. The highest BCUT2D eigenvalue weighted by molar-refractivity contribution is 7.07. The van der Waals surface area contributed by atoms with Crippen LogP contribution in [0.4, 0.5) is 0 Å². The molecule has 0 atom stereocenters. The second-order valence-corrected chi connectivity index (χ2v) is 4.81. The van der Waals surface area contributed by atoms with E-state index in [4.69, 9.17) is 0 Å². The van der Waals surface area contributed by atoms with Crippen molar-refractivity contribution in [1.29, 1.82) is 0 Å². The van der Waals surface area contributed by atoms with Gasteiger partial charge in [-0.25, -0.2) is 4.98 Å². The molecule has 1 N–H and O–H groups in total. The number of carbonyl (C=O) groups excluding carboxylic acids is 1. The molecule has 1 amide bonds. The van der Waals surface area contributed by atoms with Crippen molar-refractivity contribution in [3.05, 3.63) is 16.6 Å². The van der Waals surface area contributed by atoms with E-state index in [1.807, 2.05) is 0 Å². The average molecular weight is 210 g/mol. The van der Waals surface area contributed by atoms with Crippen molar-refractivity contribution < 1.29 is 4.79 Å². The number of carbonyl (C=O) groups is 1. The summed E-state index contributed by atoms with van der Waals surface area (Å²) >= 11 is 1.45. The minimum Gasteiger partial charge on any atom is -0.346 e. The molecule has 1 aliphatic rings. The van der Waals surface area contributed by atoms with Crippen LogP contribution < -0.4 is 5.32 Å². The number of nitrogens with one attached hydrogen (secondary N) is 1. The van der Waals surface area contributed by atoms with Gasteiger partial charge >= 0.3 is 0 Å². The van der Waals surface area contributed by atoms with Gasteiger partial charge in [0.05, 0.1) is 5.51 Å². The predicted molar refractivity (Wildman–Crippen MR) is 56.5 cm³/mol. The largest absolute Gasteiger partial charge is 0.346 e. The van der Waals surface area contributed by atoms with Crippen LogP contribution in [0.3, 0.4) is 0 Å². The Kier molecular flexibility index (Phi) is 2.54. The summed E-state index contributed by atoms with van der Waals surface area (Å²) in [5.41, 5.74) is 2.23. The SMILES string of the molecule is CC1(NC(=O)c2cscn2)CCCC1. The molecule has 1 saturated carbocycles. The van der Waals surface area contributed by atoms with E-state index in [0.29, 0.717) is 5.69 Å². The minimum absolute atomic E-state index is 0.000694. The Morgan fingerprint density at radius 3 is 2.86 bits per heavy atom. The van der Waals surface area contributed by atoms with Crippen LogP contribution in [-0.2, 0) is 0 Å². The van der Waals surface area contributed by atoms with Crippen molar-refractivity contribution in [3.63, 3.8) is 0 Å². The van der Waals surface area contributed by atoms with Gasteiger partial charge in [0.15, 0.2) is 0 Å². The van der Waals surface area contributed by atoms with Crippen LogP contribution >= 0.6 is 11.3 Å². The average Bonchev–Trinajstić information content (AvgIpc) is 2.74. The number of nitrogens with zero attached hydrogens (tertiary/aromatic N) is 1. The first-order valence-electron chi connectivity index (χ1n) is 4.90. The van der Waals surface area contributed by atoms with Gasteiger partial charge in [0.1, 0.15) is 5.69 Å². The zero-order valence-electron chi connectivity index (χ0n) is 8.25. The van der Waals surface area contributed by atoms with Gasteiger partial charge in [0, 0.05) is 10.9 Å². The highest BCUT2D eigenvalue weighted by atomic mass is 32.1. The van der Waals surface area contributed by atoms with Crippen LogP contribution in [0.1, 0.15) is 43.1 Å². The van der Waals surface area contributed by atoms with Gasteiger partial charge in [-0.2, -0.15) is 0 Å². The van der Waals surface area contributed by atoms with E-state index in [2.05, 4.69) is 17.2 Å². The summed E-state index contributed by atoms with van der Waals surface area (Å²) in [7, 11) is 0. The van der Waals surface area contributed by atoms with Crippen LogP contribution in [0.2, 0.25) is 0 Å². The minimum atomic E-state index is -0.0318. The third kappa shape index (κ3) is 1.95. The quantitative estimate of drug-likeness (QED) is 0.813. The summed E-state index contributed by atoms with van der Waals surface area (Å²) < 4.78 is 0. The summed E-state index contributed by atoms with van der Waals surface area (Å²) in [5, 5.41) is 4.85. The Balaban J connectivity index is 2.01. The monoisotopic (exact) mass is 210 g/mol.